The first kappa shape index (κ1) is 12.4. The molecule has 1 unspecified atom stereocenters. The molecule has 1 aromatic rings. The van der Waals surface area contributed by atoms with Crippen molar-refractivity contribution in [1.29, 1.82) is 0 Å². The smallest absolute Gasteiger partial charge is 0.254 e. The average Bonchev–Trinajstić information content (AvgIpc) is 3.12. The van der Waals surface area contributed by atoms with Crippen LogP contribution in [0.3, 0.4) is 0 Å². The normalized spacial score (nSPS) is 16.6. The minimum absolute atomic E-state index is 0.0354. The summed E-state index contributed by atoms with van der Waals surface area (Å²) in [5.74, 6) is -0.373. The van der Waals surface area contributed by atoms with Gasteiger partial charge in [0.15, 0.2) is 0 Å². The van der Waals surface area contributed by atoms with Crippen LogP contribution in [0.25, 0.3) is 0 Å². The van der Waals surface area contributed by atoms with E-state index in [9.17, 15) is 9.18 Å². The zero-order valence-electron chi connectivity index (χ0n) is 9.67. The quantitative estimate of drug-likeness (QED) is 0.824. The monoisotopic (exact) mass is 255 g/mol. The molecule has 1 aliphatic carbocycles. The van der Waals surface area contributed by atoms with Crippen molar-refractivity contribution in [3.8, 4) is 0 Å². The molecule has 0 radical (unpaired) electrons. The molecule has 0 aromatic heterocycles. The number of hydrogen-bond donors (Lipinski definition) is 1. The largest absolute Gasteiger partial charge is 0.350 e. The summed E-state index contributed by atoms with van der Waals surface area (Å²) in [6, 6.07) is 4.50. The molecule has 2 nitrogen and oxygen atoms in total. The second kappa shape index (κ2) is 5.05. The molecule has 0 heterocycles. The summed E-state index contributed by atoms with van der Waals surface area (Å²) in [5, 5.41) is 2.64. The van der Waals surface area contributed by atoms with E-state index in [1.54, 1.807) is 12.1 Å². The third kappa shape index (κ3) is 3.19. The third-order valence-corrected chi connectivity index (χ3v) is 3.47. The number of hydrogen-bond acceptors (Lipinski definition) is 1. The zero-order chi connectivity index (χ0) is 12.4. The Balaban J connectivity index is 1.96. The predicted molar refractivity (Wildman–Crippen MR) is 65.8 cm³/mol. The SMILES string of the molecule is Cc1ccc(F)c(C(=O)NCC(Cl)C2CC2)c1. The molecule has 92 valence electrons. The van der Waals surface area contributed by atoms with Crippen molar-refractivity contribution in [2.75, 3.05) is 6.54 Å². The van der Waals surface area contributed by atoms with Gasteiger partial charge in [0.2, 0.25) is 0 Å². The number of nitrogens with one attached hydrogen (secondary N) is 1. The Bertz CT molecular complexity index is 431. The topological polar surface area (TPSA) is 29.1 Å². The van der Waals surface area contributed by atoms with E-state index in [-0.39, 0.29) is 10.9 Å². The Kier molecular flexibility index (Phi) is 3.67. The highest BCUT2D eigenvalue weighted by molar-refractivity contribution is 6.21. The molecule has 1 fully saturated rings. The summed E-state index contributed by atoms with van der Waals surface area (Å²) in [5.41, 5.74) is 0.950. The summed E-state index contributed by atoms with van der Waals surface area (Å²) in [7, 11) is 0. The highest BCUT2D eigenvalue weighted by atomic mass is 35.5. The molecule has 2 rings (SSSR count). The minimum Gasteiger partial charge on any atom is -0.350 e. The first-order valence-electron chi connectivity index (χ1n) is 5.76. The summed E-state index contributed by atoms with van der Waals surface area (Å²) in [6.45, 7) is 2.23. The fourth-order valence-corrected chi connectivity index (χ4v) is 2.05. The number of alkyl halides is 1. The minimum atomic E-state index is -0.495. The highest BCUT2D eigenvalue weighted by Crippen LogP contribution is 2.35. The van der Waals surface area contributed by atoms with Crippen molar-refractivity contribution in [3.63, 3.8) is 0 Å². The third-order valence-electron chi connectivity index (χ3n) is 2.96. The van der Waals surface area contributed by atoms with E-state index in [1.165, 1.54) is 6.07 Å². The molecule has 0 aliphatic heterocycles. The van der Waals surface area contributed by atoms with Crippen LogP contribution in [-0.2, 0) is 0 Å². The van der Waals surface area contributed by atoms with Crippen LogP contribution in [0.4, 0.5) is 4.39 Å². The number of rotatable bonds is 4. The van der Waals surface area contributed by atoms with E-state index in [4.69, 9.17) is 11.6 Å². The second-order valence-electron chi connectivity index (χ2n) is 4.55. The first-order chi connectivity index (χ1) is 8.08. The Morgan fingerprint density at radius 1 is 1.59 bits per heavy atom. The van der Waals surface area contributed by atoms with Gasteiger partial charge in [-0.1, -0.05) is 11.6 Å². The van der Waals surface area contributed by atoms with E-state index in [1.807, 2.05) is 6.92 Å². The number of aryl methyl sites for hydroxylation is 1. The zero-order valence-corrected chi connectivity index (χ0v) is 10.4. The summed E-state index contributed by atoms with van der Waals surface area (Å²) >= 11 is 6.07. The molecule has 0 bridgehead atoms. The van der Waals surface area contributed by atoms with Crippen LogP contribution in [0, 0.1) is 18.7 Å². The van der Waals surface area contributed by atoms with Crippen molar-refractivity contribution >= 4 is 17.5 Å². The predicted octanol–water partition coefficient (Wildman–Crippen LogP) is 2.88. The van der Waals surface area contributed by atoms with Crippen LogP contribution >= 0.6 is 11.6 Å². The molecule has 1 aromatic carbocycles. The molecular weight excluding hydrogens is 241 g/mol. The summed E-state index contributed by atoms with van der Waals surface area (Å²) < 4.78 is 13.4. The van der Waals surface area contributed by atoms with Gasteiger partial charge in [0.25, 0.3) is 5.91 Å². The Morgan fingerprint density at radius 2 is 2.29 bits per heavy atom. The van der Waals surface area contributed by atoms with Crippen LogP contribution in [0.15, 0.2) is 18.2 Å². The average molecular weight is 256 g/mol. The van der Waals surface area contributed by atoms with Gasteiger partial charge in [0.05, 0.1) is 10.9 Å². The molecule has 0 spiro atoms. The van der Waals surface area contributed by atoms with Crippen molar-refractivity contribution in [2.45, 2.75) is 25.1 Å². The molecule has 0 saturated heterocycles. The maximum absolute atomic E-state index is 13.4. The highest BCUT2D eigenvalue weighted by Gasteiger charge is 2.29. The van der Waals surface area contributed by atoms with Crippen molar-refractivity contribution in [2.24, 2.45) is 5.92 Å². The number of carbonyl (C=O) groups is 1. The summed E-state index contributed by atoms with van der Waals surface area (Å²) in [6.07, 6.45) is 2.26. The van der Waals surface area contributed by atoms with Crippen LogP contribution < -0.4 is 5.32 Å². The van der Waals surface area contributed by atoms with E-state index in [0.29, 0.717) is 12.5 Å². The fourth-order valence-electron chi connectivity index (χ4n) is 1.72. The molecular formula is C13H15ClFNO. The van der Waals surface area contributed by atoms with Crippen LogP contribution in [-0.4, -0.2) is 17.8 Å². The molecule has 1 atom stereocenters. The lowest BCUT2D eigenvalue weighted by atomic mass is 10.1. The fraction of sp³-hybridized carbons (Fsp3) is 0.462. The standard InChI is InChI=1S/C13H15ClFNO/c1-8-2-5-12(15)10(6-8)13(17)16-7-11(14)9-3-4-9/h2,5-6,9,11H,3-4,7H2,1H3,(H,16,17). The number of halogens is 2. The van der Waals surface area contributed by atoms with Gasteiger partial charge in [-0.2, -0.15) is 0 Å². The Hall–Kier alpha value is -1.09. The molecule has 4 heteroatoms. The molecule has 1 saturated carbocycles. The second-order valence-corrected chi connectivity index (χ2v) is 5.11. The maximum atomic E-state index is 13.4. The van der Waals surface area contributed by atoms with Gasteiger partial charge < -0.3 is 5.32 Å². The van der Waals surface area contributed by atoms with Gasteiger partial charge in [-0.15, -0.1) is 11.6 Å². The van der Waals surface area contributed by atoms with Crippen molar-refractivity contribution in [1.82, 2.24) is 5.32 Å². The van der Waals surface area contributed by atoms with Gasteiger partial charge >= 0.3 is 0 Å². The maximum Gasteiger partial charge on any atom is 0.254 e. The van der Waals surface area contributed by atoms with Gasteiger partial charge in [0, 0.05) is 6.54 Å². The lowest BCUT2D eigenvalue weighted by Crippen LogP contribution is -2.31. The number of carbonyl (C=O) groups excluding carboxylic acids is 1. The van der Waals surface area contributed by atoms with E-state index in [2.05, 4.69) is 5.32 Å². The van der Waals surface area contributed by atoms with Crippen LogP contribution in [0.1, 0.15) is 28.8 Å². The van der Waals surface area contributed by atoms with Crippen LogP contribution in [0.5, 0.6) is 0 Å². The first-order valence-corrected chi connectivity index (χ1v) is 6.20. The number of benzene rings is 1. The molecule has 17 heavy (non-hydrogen) atoms. The number of amides is 1. The van der Waals surface area contributed by atoms with E-state index < -0.39 is 11.7 Å². The van der Waals surface area contributed by atoms with Gasteiger partial charge in [0.1, 0.15) is 5.82 Å². The molecule has 1 amide bonds. The molecule has 1 N–H and O–H groups in total. The Labute approximate surface area is 105 Å². The van der Waals surface area contributed by atoms with E-state index >= 15 is 0 Å². The summed E-state index contributed by atoms with van der Waals surface area (Å²) in [4.78, 5) is 11.8. The Morgan fingerprint density at radius 3 is 2.94 bits per heavy atom. The van der Waals surface area contributed by atoms with Crippen molar-refractivity contribution < 1.29 is 9.18 Å². The van der Waals surface area contributed by atoms with Crippen molar-refractivity contribution in [3.05, 3.63) is 35.1 Å². The van der Waals surface area contributed by atoms with Gasteiger partial charge in [-0.25, -0.2) is 4.39 Å². The lowest BCUT2D eigenvalue weighted by molar-refractivity contribution is 0.0949. The molecule has 1 aliphatic rings. The van der Waals surface area contributed by atoms with Crippen LogP contribution in [0.2, 0.25) is 0 Å². The van der Waals surface area contributed by atoms with Gasteiger partial charge in [-0.05, 0) is 37.8 Å². The lowest BCUT2D eigenvalue weighted by Gasteiger charge is -2.10. The van der Waals surface area contributed by atoms with Gasteiger partial charge in [-0.3, -0.25) is 4.79 Å². The van der Waals surface area contributed by atoms with E-state index in [0.717, 1.165) is 18.4 Å².